The molecule has 0 aliphatic heterocycles. The van der Waals surface area contributed by atoms with Crippen LogP contribution in [0.15, 0.2) is 24.4 Å². The fraction of sp³-hybridized carbons (Fsp3) is 0.235. The van der Waals surface area contributed by atoms with E-state index in [1.807, 2.05) is 19.9 Å². The highest BCUT2D eigenvalue weighted by molar-refractivity contribution is 6.32. The van der Waals surface area contributed by atoms with Crippen molar-refractivity contribution in [2.45, 2.75) is 13.8 Å². The van der Waals surface area contributed by atoms with Crippen LogP contribution in [0.4, 0.5) is 5.69 Å². The summed E-state index contributed by atoms with van der Waals surface area (Å²) in [4.78, 5) is 17.1. The van der Waals surface area contributed by atoms with Gasteiger partial charge in [-0.05, 0) is 19.9 Å². The number of aryl methyl sites for hydroxylation is 2. The maximum Gasteiger partial charge on any atom is 0.261 e. The molecule has 1 aromatic carbocycles. The molecule has 1 amide bonds. The van der Waals surface area contributed by atoms with Gasteiger partial charge in [-0.1, -0.05) is 11.6 Å². The number of rotatable bonds is 4. The lowest BCUT2D eigenvalue weighted by Crippen LogP contribution is -2.13. The number of nitrogens with zero attached hydrogens (tertiary/aromatic N) is 3. The minimum absolute atomic E-state index is 0.352. The number of hydrogen-bond acceptors (Lipinski definition) is 5. The predicted octanol–water partition coefficient (Wildman–Crippen LogP) is 3.27. The molecular weight excluding hydrogens is 344 g/mol. The molecule has 25 heavy (non-hydrogen) atoms. The van der Waals surface area contributed by atoms with Gasteiger partial charge in [0.25, 0.3) is 5.91 Å². The molecular formula is C17H17ClN4O3. The van der Waals surface area contributed by atoms with E-state index >= 15 is 0 Å². The lowest BCUT2D eigenvalue weighted by molar-refractivity contribution is 0.102. The van der Waals surface area contributed by atoms with Crippen LogP contribution in [0.1, 0.15) is 21.7 Å². The molecule has 0 bridgehead atoms. The second-order valence-corrected chi connectivity index (χ2v) is 5.88. The molecule has 0 atom stereocenters. The first-order valence-electron chi connectivity index (χ1n) is 7.49. The van der Waals surface area contributed by atoms with E-state index in [-0.39, 0.29) is 5.91 Å². The molecule has 0 saturated heterocycles. The van der Waals surface area contributed by atoms with Gasteiger partial charge in [-0.25, -0.2) is 9.50 Å². The van der Waals surface area contributed by atoms with E-state index in [4.69, 9.17) is 21.1 Å². The summed E-state index contributed by atoms with van der Waals surface area (Å²) in [6, 6.07) is 5.09. The summed E-state index contributed by atoms with van der Waals surface area (Å²) in [7, 11) is 3.00. The third-order valence-electron chi connectivity index (χ3n) is 3.74. The third-order valence-corrected chi connectivity index (χ3v) is 4.04. The molecule has 7 nitrogen and oxygen atoms in total. The first-order chi connectivity index (χ1) is 11.9. The lowest BCUT2D eigenvalue weighted by atomic mass is 10.2. The van der Waals surface area contributed by atoms with Gasteiger partial charge in [0, 0.05) is 23.5 Å². The maximum atomic E-state index is 12.7. The molecule has 130 valence electrons. The number of halogens is 1. The summed E-state index contributed by atoms with van der Waals surface area (Å²) in [6.07, 6.45) is 1.49. The highest BCUT2D eigenvalue weighted by Crippen LogP contribution is 2.36. The Labute approximate surface area is 149 Å². The first-order valence-corrected chi connectivity index (χ1v) is 7.87. The first kappa shape index (κ1) is 17.0. The Morgan fingerprint density at radius 2 is 1.88 bits per heavy atom. The normalized spacial score (nSPS) is 10.8. The number of carbonyl (C=O) groups excluding carboxylic acids is 1. The van der Waals surface area contributed by atoms with Crippen molar-refractivity contribution in [3.63, 3.8) is 0 Å². The standard InChI is InChI=1S/C17H17ClN4O3/c1-9-5-10(2)22-16(20-9)11(8-19-22)17(23)21-13-7-14(24-3)12(18)6-15(13)25-4/h5-8H,1-4H3,(H,21,23). The Balaban J connectivity index is 2.01. The SMILES string of the molecule is COc1cc(NC(=O)c2cnn3c(C)cc(C)nc23)c(OC)cc1Cl. The Hall–Kier alpha value is -2.80. The van der Waals surface area contributed by atoms with Crippen molar-refractivity contribution in [2.75, 3.05) is 19.5 Å². The third kappa shape index (κ3) is 3.10. The number of carbonyl (C=O) groups is 1. The quantitative estimate of drug-likeness (QED) is 0.772. The molecule has 0 saturated carbocycles. The zero-order valence-corrected chi connectivity index (χ0v) is 15.0. The molecule has 8 heteroatoms. The zero-order chi connectivity index (χ0) is 18.1. The fourth-order valence-corrected chi connectivity index (χ4v) is 2.81. The van der Waals surface area contributed by atoms with Gasteiger partial charge in [0.05, 0.1) is 31.1 Å². The van der Waals surface area contributed by atoms with Crippen LogP contribution in [0.3, 0.4) is 0 Å². The monoisotopic (exact) mass is 360 g/mol. The van der Waals surface area contributed by atoms with E-state index in [0.29, 0.717) is 33.4 Å². The molecule has 0 radical (unpaired) electrons. The van der Waals surface area contributed by atoms with Crippen molar-refractivity contribution in [3.8, 4) is 11.5 Å². The van der Waals surface area contributed by atoms with Gasteiger partial charge in [0.15, 0.2) is 5.65 Å². The van der Waals surface area contributed by atoms with Crippen molar-refractivity contribution in [1.29, 1.82) is 0 Å². The van der Waals surface area contributed by atoms with E-state index < -0.39 is 0 Å². The van der Waals surface area contributed by atoms with Gasteiger partial charge in [-0.15, -0.1) is 0 Å². The Morgan fingerprint density at radius 3 is 2.56 bits per heavy atom. The van der Waals surface area contributed by atoms with Crippen LogP contribution in [-0.2, 0) is 0 Å². The Morgan fingerprint density at radius 1 is 1.16 bits per heavy atom. The Bertz CT molecular complexity index is 968. The van der Waals surface area contributed by atoms with E-state index in [1.165, 1.54) is 20.4 Å². The van der Waals surface area contributed by atoms with E-state index in [2.05, 4.69) is 15.4 Å². The van der Waals surface area contributed by atoms with Crippen LogP contribution in [0.2, 0.25) is 5.02 Å². The largest absolute Gasteiger partial charge is 0.495 e. The van der Waals surface area contributed by atoms with Crippen LogP contribution < -0.4 is 14.8 Å². The number of hydrogen-bond donors (Lipinski definition) is 1. The molecule has 0 aliphatic rings. The minimum Gasteiger partial charge on any atom is -0.495 e. The second-order valence-electron chi connectivity index (χ2n) is 5.47. The summed E-state index contributed by atoms with van der Waals surface area (Å²) in [5.74, 6) is 0.508. The van der Waals surface area contributed by atoms with Gasteiger partial charge < -0.3 is 14.8 Å². The molecule has 1 N–H and O–H groups in total. The average Bonchev–Trinajstić information content (AvgIpc) is 3.00. The van der Waals surface area contributed by atoms with Gasteiger partial charge in [0.2, 0.25) is 0 Å². The number of methoxy groups -OCH3 is 2. The summed E-state index contributed by atoms with van der Waals surface area (Å²) in [5.41, 5.74) is 3.01. The number of fused-ring (bicyclic) bond motifs is 1. The molecule has 0 spiro atoms. The molecule has 2 heterocycles. The van der Waals surface area contributed by atoms with Crippen LogP contribution in [0, 0.1) is 13.8 Å². The summed E-state index contributed by atoms with van der Waals surface area (Å²) >= 11 is 6.09. The highest BCUT2D eigenvalue weighted by Gasteiger charge is 2.18. The van der Waals surface area contributed by atoms with Crippen LogP contribution in [-0.4, -0.2) is 34.7 Å². The molecule has 3 rings (SSSR count). The zero-order valence-electron chi connectivity index (χ0n) is 14.3. The van der Waals surface area contributed by atoms with Crippen molar-refractivity contribution in [1.82, 2.24) is 14.6 Å². The maximum absolute atomic E-state index is 12.7. The topological polar surface area (TPSA) is 77.8 Å². The second kappa shape index (κ2) is 6.60. The van der Waals surface area contributed by atoms with Crippen molar-refractivity contribution in [2.24, 2.45) is 0 Å². The fourth-order valence-electron chi connectivity index (χ4n) is 2.58. The molecule has 0 aliphatic carbocycles. The van der Waals surface area contributed by atoms with Crippen molar-refractivity contribution in [3.05, 3.63) is 46.4 Å². The van der Waals surface area contributed by atoms with Crippen LogP contribution >= 0.6 is 11.6 Å². The smallest absolute Gasteiger partial charge is 0.261 e. The number of benzene rings is 1. The lowest BCUT2D eigenvalue weighted by Gasteiger charge is -2.12. The minimum atomic E-state index is -0.352. The average molecular weight is 361 g/mol. The van der Waals surface area contributed by atoms with Gasteiger partial charge in [-0.3, -0.25) is 4.79 Å². The molecule has 0 fully saturated rings. The van der Waals surface area contributed by atoms with Crippen LogP contribution in [0.5, 0.6) is 11.5 Å². The Kier molecular flexibility index (Phi) is 4.50. The molecule has 3 aromatic rings. The number of nitrogens with one attached hydrogen (secondary N) is 1. The summed E-state index contributed by atoms with van der Waals surface area (Å²) in [5, 5.41) is 7.42. The van der Waals surface area contributed by atoms with E-state index in [9.17, 15) is 4.79 Å². The van der Waals surface area contributed by atoms with E-state index in [0.717, 1.165) is 11.4 Å². The number of anilines is 1. The number of ether oxygens (including phenoxy) is 2. The van der Waals surface area contributed by atoms with E-state index in [1.54, 1.807) is 16.6 Å². The van der Waals surface area contributed by atoms with Gasteiger partial charge >= 0.3 is 0 Å². The van der Waals surface area contributed by atoms with Crippen molar-refractivity contribution >= 4 is 28.8 Å². The molecule has 2 aromatic heterocycles. The van der Waals surface area contributed by atoms with Gasteiger partial charge in [0.1, 0.15) is 17.1 Å². The van der Waals surface area contributed by atoms with Crippen molar-refractivity contribution < 1.29 is 14.3 Å². The number of amides is 1. The molecule has 0 unspecified atom stereocenters. The van der Waals surface area contributed by atoms with Gasteiger partial charge in [-0.2, -0.15) is 5.10 Å². The predicted molar refractivity (Wildman–Crippen MR) is 95.0 cm³/mol. The number of aromatic nitrogens is 3. The van der Waals surface area contributed by atoms with Crippen LogP contribution in [0.25, 0.3) is 5.65 Å². The summed E-state index contributed by atoms with van der Waals surface area (Å²) in [6.45, 7) is 3.78. The summed E-state index contributed by atoms with van der Waals surface area (Å²) < 4.78 is 12.1. The highest BCUT2D eigenvalue weighted by atomic mass is 35.5.